The van der Waals surface area contributed by atoms with Crippen molar-refractivity contribution in [2.45, 2.75) is 4.90 Å². The van der Waals surface area contributed by atoms with Crippen LogP contribution in [0.2, 0.25) is 10.0 Å². The van der Waals surface area contributed by atoms with Crippen molar-refractivity contribution < 1.29 is 8.42 Å². The van der Waals surface area contributed by atoms with Crippen LogP contribution in [-0.2, 0) is 10.0 Å². The summed E-state index contributed by atoms with van der Waals surface area (Å²) in [5.74, 6) is 0. The summed E-state index contributed by atoms with van der Waals surface area (Å²) in [7, 11) is -3.68. The molecule has 0 saturated heterocycles. The van der Waals surface area contributed by atoms with Crippen LogP contribution in [-0.4, -0.2) is 8.42 Å². The molecule has 0 aliphatic heterocycles. The molecule has 0 heterocycles. The van der Waals surface area contributed by atoms with Crippen LogP contribution in [0, 0.1) is 0 Å². The molecule has 3 N–H and O–H groups in total. The first-order chi connectivity index (χ1) is 8.84. The van der Waals surface area contributed by atoms with Crippen molar-refractivity contribution in [1.82, 2.24) is 0 Å². The molecule has 0 fully saturated rings. The van der Waals surface area contributed by atoms with Crippen LogP contribution in [0.3, 0.4) is 0 Å². The zero-order chi connectivity index (χ0) is 14.0. The van der Waals surface area contributed by atoms with Crippen molar-refractivity contribution in [1.29, 1.82) is 0 Å². The van der Waals surface area contributed by atoms with E-state index < -0.39 is 10.0 Å². The summed E-state index contributed by atoms with van der Waals surface area (Å²) in [6.07, 6.45) is 0. The molecule has 0 aromatic heterocycles. The molecule has 7 heteroatoms. The number of nitrogens with two attached hydrogens (primary N) is 1. The predicted molar refractivity (Wildman–Crippen MR) is 77.6 cm³/mol. The summed E-state index contributed by atoms with van der Waals surface area (Å²) in [5, 5.41) is 9.10. The Balaban J connectivity index is 2.24. The lowest BCUT2D eigenvalue weighted by atomic mass is 10.2. The van der Waals surface area contributed by atoms with Crippen LogP contribution >= 0.6 is 23.2 Å². The van der Waals surface area contributed by atoms with E-state index in [1.807, 2.05) is 0 Å². The molecule has 2 aromatic rings. The number of hydrogen-bond donors (Lipinski definition) is 2. The van der Waals surface area contributed by atoms with E-state index in [4.69, 9.17) is 28.3 Å². The van der Waals surface area contributed by atoms with Gasteiger partial charge in [0.2, 0.25) is 10.0 Å². The van der Waals surface area contributed by atoms with Crippen molar-refractivity contribution in [3.8, 4) is 0 Å². The molecular weight excluding hydrogens is 307 g/mol. The van der Waals surface area contributed by atoms with E-state index in [9.17, 15) is 8.42 Å². The number of hydrogen-bond acceptors (Lipinski definition) is 3. The van der Waals surface area contributed by atoms with Gasteiger partial charge < -0.3 is 5.32 Å². The number of anilines is 2. The maximum atomic E-state index is 11.1. The fourth-order valence-electron chi connectivity index (χ4n) is 1.52. The SMILES string of the molecule is NS(=O)(=O)c1ccc(Nc2cc(Cl)cc(Cl)c2)cc1. The zero-order valence-corrected chi connectivity index (χ0v) is 11.9. The molecular formula is C12H10Cl2N2O2S. The Kier molecular flexibility index (Phi) is 4.01. The largest absolute Gasteiger partial charge is 0.355 e. The number of halogens is 2. The second-order valence-electron chi connectivity index (χ2n) is 3.85. The van der Waals surface area contributed by atoms with Crippen LogP contribution in [0.1, 0.15) is 0 Å². The molecule has 0 atom stereocenters. The number of benzene rings is 2. The molecule has 2 aromatic carbocycles. The Morgan fingerprint density at radius 3 is 1.89 bits per heavy atom. The Morgan fingerprint density at radius 2 is 1.42 bits per heavy atom. The third-order valence-electron chi connectivity index (χ3n) is 2.33. The summed E-state index contributed by atoms with van der Waals surface area (Å²) in [5.41, 5.74) is 1.41. The monoisotopic (exact) mass is 316 g/mol. The minimum absolute atomic E-state index is 0.0576. The normalized spacial score (nSPS) is 11.3. The number of rotatable bonds is 3. The maximum absolute atomic E-state index is 11.1. The van der Waals surface area contributed by atoms with Crippen molar-refractivity contribution in [2.24, 2.45) is 5.14 Å². The van der Waals surface area contributed by atoms with Gasteiger partial charge in [0.05, 0.1) is 4.90 Å². The number of nitrogens with one attached hydrogen (secondary N) is 1. The predicted octanol–water partition coefficient (Wildman–Crippen LogP) is 3.38. The minimum Gasteiger partial charge on any atom is -0.355 e. The Hall–Kier alpha value is -1.27. The first kappa shape index (κ1) is 14.1. The fraction of sp³-hybridized carbons (Fsp3) is 0. The molecule has 19 heavy (non-hydrogen) atoms. The summed E-state index contributed by atoms with van der Waals surface area (Å²) < 4.78 is 22.2. The highest BCUT2D eigenvalue weighted by Gasteiger charge is 2.06. The summed E-state index contributed by atoms with van der Waals surface area (Å²) in [4.78, 5) is 0.0576. The van der Waals surface area contributed by atoms with Crippen molar-refractivity contribution in [3.05, 3.63) is 52.5 Å². The van der Waals surface area contributed by atoms with E-state index in [1.165, 1.54) is 12.1 Å². The van der Waals surface area contributed by atoms with Crippen LogP contribution < -0.4 is 10.5 Å². The van der Waals surface area contributed by atoms with E-state index in [2.05, 4.69) is 5.32 Å². The third-order valence-corrected chi connectivity index (χ3v) is 3.70. The lowest BCUT2D eigenvalue weighted by Crippen LogP contribution is -2.11. The highest BCUT2D eigenvalue weighted by molar-refractivity contribution is 7.89. The molecule has 0 radical (unpaired) electrons. The third kappa shape index (κ3) is 3.84. The first-order valence-corrected chi connectivity index (χ1v) is 7.51. The molecule has 100 valence electrons. The van der Waals surface area contributed by atoms with E-state index in [0.29, 0.717) is 21.4 Å². The lowest BCUT2D eigenvalue weighted by Gasteiger charge is -2.08. The smallest absolute Gasteiger partial charge is 0.238 e. The van der Waals surface area contributed by atoms with Gasteiger partial charge in [0.25, 0.3) is 0 Å². The van der Waals surface area contributed by atoms with Gasteiger partial charge in [-0.2, -0.15) is 0 Å². The van der Waals surface area contributed by atoms with Gasteiger partial charge >= 0.3 is 0 Å². The summed E-state index contributed by atoms with van der Waals surface area (Å²) in [6, 6.07) is 11.1. The number of primary sulfonamides is 1. The van der Waals surface area contributed by atoms with Gasteiger partial charge in [-0.05, 0) is 42.5 Å². The molecule has 0 aliphatic rings. The van der Waals surface area contributed by atoms with Crippen molar-refractivity contribution >= 4 is 44.6 Å². The minimum atomic E-state index is -3.68. The summed E-state index contributed by atoms with van der Waals surface area (Å²) in [6.45, 7) is 0. The van der Waals surface area contributed by atoms with Gasteiger partial charge in [-0.1, -0.05) is 23.2 Å². The van der Waals surface area contributed by atoms with Gasteiger partial charge in [0, 0.05) is 21.4 Å². The van der Waals surface area contributed by atoms with Crippen LogP contribution in [0.15, 0.2) is 47.4 Å². The van der Waals surface area contributed by atoms with E-state index in [1.54, 1.807) is 30.3 Å². The van der Waals surface area contributed by atoms with E-state index >= 15 is 0 Å². The maximum Gasteiger partial charge on any atom is 0.238 e. The van der Waals surface area contributed by atoms with Crippen molar-refractivity contribution in [3.63, 3.8) is 0 Å². The molecule has 0 bridgehead atoms. The molecule has 0 unspecified atom stereocenters. The van der Waals surface area contributed by atoms with Crippen molar-refractivity contribution in [2.75, 3.05) is 5.32 Å². The topological polar surface area (TPSA) is 72.2 Å². The molecule has 0 spiro atoms. The van der Waals surface area contributed by atoms with Crippen LogP contribution in [0.25, 0.3) is 0 Å². The molecule has 4 nitrogen and oxygen atoms in total. The Morgan fingerprint density at radius 1 is 0.895 bits per heavy atom. The number of sulfonamides is 1. The van der Waals surface area contributed by atoms with Crippen LogP contribution in [0.5, 0.6) is 0 Å². The second kappa shape index (κ2) is 5.38. The van der Waals surface area contributed by atoms with Gasteiger partial charge in [0.1, 0.15) is 0 Å². The Bertz CT molecular complexity index is 680. The van der Waals surface area contributed by atoms with Crippen LogP contribution in [0.4, 0.5) is 11.4 Å². The first-order valence-electron chi connectivity index (χ1n) is 5.20. The fourth-order valence-corrected chi connectivity index (χ4v) is 2.56. The zero-order valence-electron chi connectivity index (χ0n) is 9.60. The second-order valence-corrected chi connectivity index (χ2v) is 6.29. The molecule has 2 rings (SSSR count). The molecule has 0 amide bonds. The standard InChI is InChI=1S/C12H10Cl2N2O2S/c13-8-5-9(14)7-11(6-8)16-10-1-3-12(4-2-10)19(15,17)18/h1-7,16H,(H2,15,17,18). The van der Waals surface area contributed by atoms with Gasteiger partial charge in [-0.15, -0.1) is 0 Å². The molecule has 0 saturated carbocycles. The average Bonchev–Trinajstić information content (AvgIpc) is 2.26. The highest BCUT2D eigenvalue weighted by Crippen LogP contribution is 2.25. The highest BCUT2D eigenvalue weighted by atomic mass is 35.5. The van der Waals surface area contributed by atoms with Gasteiger partial charge in [-0.3, -0.25) is 0 Å². The molecule has 0 aliphatic carbocycles. The quantitative estimate of drug-likeness (QED) is 0.911. The lowest BCUT2D eigenvalue weighted by molar-refractivity contribution is 0.598. The average molecular weight is 317 g/mol. The van der Waals surface area contributed by atoms with E-state index in [-0.39, 0.29) is 4.90 Å². The summed E-state index contributed by atoms with van der Waals surface area (Å²) >= 11 is 11.8. The van der Waals surface area contributed by atoms with Gasteiger partial charge in [-0.25, -0.2) is 13.6 Å². The Labute approximate surface area is 121 Å². The van der Waals surface area contributed by atoms with E-state index in [0.717, 1.165) is 0 Å². The van der Waals surface area contributed by atoms with Gasteiger partial charge in [0.15, 0.2) is 0 Å².